The van der Waals surface area contributed by atoms with Crippen LogP contribution < -0.4 is 10.1 Å². The summed E-state index contributed by atoms with van der Waals surface area (Å²) in [6, 6.07) is 3.55. The molecular weight excluding hydrogens is 360 g/mol. The molecule has 0 aromatic carbocycles. The van der Waals surface area contributed by atoms with Crippen LogP contribution in [0.2, 0.25) is 5.15 Å². The first kappa shape index (κ1) is 16.4. The Morgan fingerprint density at radius 2 is 2.10 bits per heavy atom. The zero-order valence-corrected chi connectivity index (χ0v) is 14.5. The molecule has 5 nitrogen and oxygen atoms in total. The van der Waals surface area contributed by atoms with Gasteiger partial charge in [0.25, 0.3) is 0 Å². The minimum Gasteiger partial charge on any atom is -0.473 e. The highest BCUT2D eigenvalue weighted by atomic mass is 79.9. The quantitative estimate of drug-likeness (QED) is 0.811. The topological polar surface area (TPSA) is 60.5 Å². The van der Waals surface area contributed by atoms with Gasteiger partial charge in [0.1, 0.15) is 16.9 Å². The van der Waals surface area contributed by atoms with Crippen molar-refractivity contribution in [1.29, 1.82) is 0 Å². The summed E-state index contributed by atoms with van der Waals surface area (Å²) in [5.41, 5.74) is -0.487. The predicted octanol–water partition coefficient (Wildman–Crippen LogP) is 3.93. The van der Waals surface area contributed by atoms with E-state index >= 15 is 0 Å². The van der Waals surface area contributed by atoms with Crippen molar-refractivity contribution in [3.63, 3.8) is 0 Å². The van der Waals surface area contributed by atoms with Crippen LogP contribution in [0.4, 0.5) is 4.79 Å². The molecule has 0 atom stereocenters. The van der Waals surface area contributed by atoms with Gasteiger partial charge in [0.15, 0.2) is 0 Å². The van der Waals surface area contributed by atoms with Gasteiger partial charge in [0, 0.05) is 18.9 Å². The fourth-order valence-corrected chi connectivity index (χ4v) is 2.35. The van der Waals surface area contributed by atoms with Crippen LogP contribution >= 0.6 is 27.5 Å². The Morgan fingerprint density at radius 3 is 2.71 bits per heavy atom. The van der Waals surface area contributed by atoms with Gasteiger partial charge in [-0.05, 0) is 48.8 Å². The van der Waals surface area contributed by atoms with E-state index in [-0.39, 0.29) is 12.1 Å². The van der Waals surface area contributed by atoms with Gasteiger partial charge in [-0.3, -0.25) is 0 Å². The molecule has 0 aliphatic heterocycles. The van der Waals surface area contributed by atoms with Gasteiger partial charge < -0.3 is 14.8 Å². The monoisotopic (exact) mass is 376 g/mol. The first-order valence-electron chi connectivity index (χ1n) is 6.71. The third-order valence-electron chi connectivity index (χ3n) is 2.87. The van der Waals surface area contributed by atoms with E-state index in [4.69, 9.17) is 21.1 Å². The zero-order valence-electron chi connectivity index (χ0n) is 12.2. The molecule has 1 amide bonds. The van der Waals surface area contributed by atoms with E-state index < -0.39 is 11.7 Å². The van der Waals surface area contributed by atoms with Gasteiger partial charge in [-0.1, -0.05) is 11.6 Å². The van der Waals surface area contributed by atoms with Gasteiger partial charge in [-0.2, -0.15) is 0 Å². The lowest BCUT2D eigenvalue weighted by Gasteiger charge is -2.35. The maximum Gasteiger partial charge on any atom is 0.407 e. The SMILES string of the molecule is CC(C)(C)OC(=O)N[C@H]1C[C@@H](Oc2nc(Cl)ccc2Br)C1. The number of pyridine rings is 1. The number of hydrogen-bond acceptors (Lipinski definition) is 4. The second kappa shape index (κ2) is 6.40. The maximum atomic E-state index is 11.6. The van der Waals surface area contributed by atoms with Crippen molar-refractivity contribution in [2.75, 3.05) is 0 Å². The normalized spacial score (nSPS) is 21.4. The van der Waals surface area contributed by atoms with Crippen LogP contribution in [0.1, 0.15) is 33.6 Å². The summed E-state index contributed by atoms with van der Waals surface area (Å²) in [5.74, 6) is 0.475. The number of halogens is 2. The van der Waals surface area contributed by atoms with E-state index in [1.165, 1.54) is 0 Å². The van der Waals surface area contributed by atoms with Gasteiger partial charge in [0.05, 0.1) is 4.47 Å². The predicted molar refractivity (Wildman–Crippen MR) is 83.8 cm³/mol. The lowest BCUT2D eigenvalue weighted by atomic mass is 9.89. The molecular formula is C14H18BrClN2O3. The summed E-state index contributed by atoms with van der Waals surface area (Å²) < 4.78 is 11.7. The van der Waals surface area contributed by atoms with Crippen LogP contribution in [0.3, 0.4) is 0 Å². The van der Waals surface area contributed by atoms with Crippen LogP contribution in [-0.2, 0) is 4.74 Å². The van der Waals surface area contributed by atoms with Crippen molar-refractivity contribution in [3.8, 4) is 5.88 Å². The van der Waals surface area contributed by atoms with Crippen LogP contribution in [0.25, 0.3) is 0 Å². The highest BCUT2D eigenvalue weighted by Gasteiger charge is 2.33. The van der Waals surface area contributed by atoms with Crippen molar-refractivity contribution in [1.82, 2.24) is 10.3 Å². The molecule has 0 radical (unpaired) electrons. The number of carbonyl (C=O) groups is 1. The lowest BCUT2D eigenvalue weighted by Crippen LogP contribution is -2.50. The van der Waals surface area contributed by atoms with Crippen molar-refractivity contribution >= 4 is 33.6 Å². The van der Waals surface area contributed by atoms with Crippen molar-refractivity contribution in [2.24, 2.45) is 0 Å². The minimum absolute atomic E-state index is 0.0206. The van der Waals surface area contributed by atoms with Crippen LogP contribution in [0, 0.1) is 0 Å². The Balaban J connectivity index is 1.77. The third-order valence-corrected chi connectivity index (χ3v) is 3.69. The molecule has 1 aromatic heterocycles. The highest BCUT2D eigenvalue weighted by molar-refractivity contribution is 9.10. The summed E-state index contributed by atoms with van der Waals surface area (Å²) in [6.07, 6.45) is 1.07. The van der Waals surface area contributed by atoms with Gasteiger partial charge in [-0.25, -0.2) is 9.78 Å². The molecule has 1 aliphatic carbocycles. The summed E-state index contributed by atoms with van der Waals surface area (Å²) in [5, 5.41) is 3.20. The Bertz CT molecular complexity index is 527. The van der Waals surface area contributed by atoms with E-state index in [1.807, 2.05) is 20.8 Å². The second-order valence-corrected chi connectivity index (χ2v) is 7.22. The molecule has 0 spiro atoms. The average Bonchev–Trinajstić information content (AvgIpc) is 2.28. The molecule has 1 heterocycles. The Kier molecular flexibility index (Phi) is 4.99. The van der Waals surface area contributed by atoms with Crippen molar-refractivity contribution in [3.05, 3.63) is 21.8 Å². The highest BCUT2D eigenvalue weighted by Crippen LogP contribution is 2.30. The van der Waals surface area contributed by atoms with Crippen LogP contribution in [0.5, 0.6) is 5.88 Å². The zero-order chi connectivity index (χ0) is 15.6. The fourth-order valence-electron chi connectivity index (χ4n) is 1.90. The number of nitrogens with one attached hydrogen (secondary N) is 1. The number of hydrogen-bond donors (Lipinski definition) is 1. The van der Waals surface area contributed by atoms with Gasteiger partial charge in [0.2, 0.25) is 5.88 Å². The van der Waals surface area contributed by atoms with E-state index in [2.05, 4.69) is 26.2 Å². The Morgan fingerprint density at radius 1 is 1.43 bits per heavy atom. The van der Waals surface area contributed by atoms with E-state index in [0.29, 0.717) is 11.0 Å². The van der Waals surface area contributed by atoms with E-state index in [0.717, 1.165) is 17.3 Å². The summed E-state index contributed by atoms with van der Waals surface area (Å²) in [4.78, 5) is 15.7. The number of nitrogens with zero attached hydrogens (tertiary/aromatic N) is 1. The van der Waals surface area contributed by atoms with Crippen LogP contribution in [-0.4, -0.2) is 28.8 Å². The first-order chi connectivity index (χ1) is 9.73. The lowest BCUT2D eigenvalue weighted by molar-refractivity contribution is 0.0353. The molecule has 0 bridgehead atoms. The molecule has 2 rings (SSSR count). The number of ether oxygens (including phenoxy) is 2. The summed E-state index contributed by atoms with van der Waals surface area (Å²) >= 11 is 9.20. The maximum absolute atomic E-state index is 11.6. The van der Waals surface area contributed by atoms with E-state index in [1.54, 1.807) is 12.1 Å². The molecule has 0 unspecified atom stereocenters. The molecule has 1 saturated carbocycles. The number of alkyl carbamates (subject to hydrolysis) is 1. The fraction of sp³-hybridized carbons (Fsp3) is 0.571. The molecule has 1 N–H and O–H groups in total. The molecule has 116 valence electrons. The van der Waals surface area contributed by atoms with Crippen molar-refractivity contribution in [2.45, 2.75) is 51.4 Å². The first-order valence-corrected chi connectivity index (χ1v) is 7.88. The van der Waals surface area contributed by atoms with Crippen molar-refractivity contribution < 1.29 is 14.3 Å². The minimum atomic E-state index is -0.487. The molecule has 7 heteroatoms. The Hall–Kier alpha value is -1.01. The second-order valence-electron chi connectivity index (χ2n) is 5.98. The average molecular weight is 378 g/mol. The molecule has 1 aromatic rings. The van der Waals surface area contributed by atoms with Gasteiger partial charge in [-0.15, -0.1) is 0 Å². The summed E-state index contributed by atoms with van der Waals surface area (Å²) in [6.45, 7) is 5.50. The van der Waals surface area contributed by atoms with Gasteiger partial charge >= 0.3 is 6.09 Å². The molecule has 21 heavy (non-hydrogen) atoms. The number of amides is 1. The van der Waals surface area contributed by atoms with Crippen LogP contribution in [0.15, 0.2) is 16.6 Å². The molecule has 0 saturated heterocycles. The third kappa shape index (κ3) is 5.04. The number of carbonyl (C=O) groups excluding carboxylic acids is 1. The summed E-state index contributed by atoms with van der Waals surface area (Å²) in [7, 11) is 0. The number of aromatic nitrogens is 1. The van der Waals surface area contributed by atoms with E-state index in [9.17, 15) is 4.79 Å². The largest absolute Gasteiger partial charge is 0.473 e. The molecule has 1 fully saturated rings. The molecule has 1 aliphatic rings. The number of rotatable bonds is 3. The Labute approximate surface area is 137 Å². The standard InChI is InChI=1S/C14H18BrClN2O3/c1-14(2,3)21-13(19)17-8-6-9(7-8)20-12-10(15)4-5-11(16)18-12/h4-5,8-9H,6-7H2,1-3H3,(H,17,19)/t8-,9+. The smallest absolute Gasteiger partial charge is 0.407 e.